The third-order valence-electron chi connectivity index (χ3n) is 2.21. The van der Waals surface area contributed by atoms with E-state index < -0.39 is 0 Å². The molecule has 0 aliphatic heterocycles. The molecule has 1 aromatic carbocycles. The Labute approximate surface area is 105 Å². The van der Waals surface area contributed by atoms with Crippen molar-refractivity contribution in [1.29, 1.82) is 5.26 Å². The zero-order valence-electron chi connectivity index (χ0n) is 8.97. The summed E-state index contributed by atoms with van der Waals surface area (Å²) >= 11 is 5.88. The number of aromatic nitrogens is 1. The highest BCUT2D eigenvalue weighted by Crippen LogP contribution is 2.13. The fraction of sp³-hybridized carbons (Fsp3) is 0. The maximum atomic E-state index is 8.75. The lowest BCUT2D eigenvalue weighted by atomic mass is 10.1. The Kier molecular flexibility index (Phi) is 3.54. The topological polar surface area (TPSA) is 36.7 Å². The standard InChI is InChI=1S/C14H9ClN2/c15-14-3-1-2-11(7-14)4-5-12-6-13(8-16)10-17-9-12/h1-7,9-10H. The molecule has 82 valence electrons. The monoisotopic (exact) mass is 240 g/mol. The first-order chi connectivity index (χ1) is 8.28. The minimum atomic E-state index is 0.554. The second kappa shape index (κ2) is 5.29. The quantitative estimate of drug-likeness (QED) is 0.801. The molecule has 17 heavy (non-hydrogen) atoms. The van der Waals surface area contributed by atoms with E-state index in [1.165, 1.54) is 6.20 Å². The number of pyridine rings is 1. The second-order valence-corrected chi connectivity index (χ2v) is 3.94. The number of hydrogen-bond acceptors (Lipinski definition) is 2. The Morgan fingerprint density at radius 1 is 1.12 bits per heavy atom. The molecule has 0 spiro atoms. The first-order valence-electron chi connectivity index (χ1n) is 5.07. The maximum absolute atomic E-state index is 8.75. The van der Waals surface area contributed by atoms with Gasteiger partial charge in [-0.15, -0.1) is 0 Å². The highest BCUT2D eigenvalue weighted by Gasteiger charge is 1.93. The van der Waals surface area contributed by atoms with E-state index in [2.05, 4.69) is 11.1 Å². The van der Waals surface area contributed by atoms with Crippen molar-refractivity contribution < 1.29 is 0 Å². The van der Waals surface area contributed by atoms with Crippen LogP contribution in [-0.4, -0.2) is 4.98 Å². The first-order valence-corrected chi connectivity index (χ1v) is 5.44. The Morgan fingerprint density at radius 3 is 2.71 bits per heavy atom. The van der Waals surface area contributed by atoms with Crippen LogP contribution in [0.15, 0.2) is 42.7 Å². The van der Waals surface area contributed by atoms with Crippen molar-refractivity contribution in [3.63, 3.8) is 0 Å². The number of benzene rings is 1. The van der Waals surface area contributed by atoms with Crippen LogP contribution in [0.5, 0.6) is 0 Å². The van der Waals surface area contributed by atoms with Gasteiger partial charge in [0.2, 0.25) is 0 Å². The summed E-state index contributed by atoms with van der Waals surface area (Å²) in [5.74, 6) is 0. The third kappa shape index (κ3) is 3.17. The van der Waals surface area contributed by atoms with Crippen LogP contribution in [-0.2, 0) is 0 Å². The molecular formula is C14H9ClN2. The summed E-state index contributed by atoms with van der Waals surface area (Å²) in [6.45, 7) is 0. The normalized spacial score (nSPS) is 10.4. The summed E-state index contributed by atoms with van der Waals surface area (Å²) in [6, 6.07) is 11.4. The van der Waals surface area contributed by atoms with Gasteiger partial charge in [-0.25, -0.2) is 0 Å². The fourth-order valence-electron chi connectivity index (χ4n) is 1.41. The highest BCUT2D eigenvalue weighted by molar-refractivity contribution is 6.30. The van der Waals surface area contributed by atoms with Gasteiger partial charge >= 0.3 is 0 Å². The lowest BCUT2D eigenvalue weighted by Crippen LogP contribution is -1.80. The number of rotatable bonds is 2. The molecule has 0 atom stereocenters. The van der Waals surface area contributed by atoms with Gasteiger partial charge in [0.15, 0.2) is 0 Å². The molecule has 0 fully saturated rings. The van der Waals surface area contributed by atoms with E-state index in [0.29, 0.717) is 10.6 Å². The van der Waals surface area contributed by atoms with Crippen molar-refractivity contribution in [1.82, 2.24) is 4.98 Å². The smallest absolute Gasteiger partial charge is 0.101 e. The van der Waals surface area contributed by atoms with Crippen molar-refractivity contribution in [2.75, 3.05) is 0 Å². The van der Waals surface area contributed by atoms with Crippen LogP contribution in [0.25, 0.3) is 12.2 Å². The molecule has 0 amide bonds. The van der Waals surface area contributed by atoms with Gasteiger partial charge in [0, 0.05) is 17.4 Å². The van der Waals surface area contributed by atoms with Crippen molar-refractivity contribution in [2.24, 2.45) is 0 Å². The van der Waals surface area contributed by atoms with Gasteiger partial charge in [-0.1, -0.05) is 35.9 Å². The van der Waals surface area contributed by atoms with Crippen LogP contribution < -0.4 is 0 Å². The highest BCUT2D eigenvalue weighted by atomic mass is 35.5. The molecule has 2 nitrogen and oxygen atoms in total. The van der Waals surface area contributed by atoms with Gasteiger partial charge in [-0.3, -0.25) is 4.98 Å². The van der Waals surface area contributed by atoms with E-state index in [9.17, 15) is 0 Å². The zero-order valence-corrected chi connectivity index (χ0v) is 9.72. The molecule has 0 bridgehead atoms. The Bertz CT molecular complexity index is 597. The van der Waals surface area contributed by atoms with Gasteiger partial charge < -0.3 is 0 Å². The van der Waals surface area contributed by atoms with E-state index in [1.807, 2.05) is 36.4 Å². The lowest BCUT2D eigenvalue weighted by Gasteiger charge is -1.95. The van der Waals surface area contributed by atoms with Crippen LogP contribution in [0, 0.1) is 11.3 Å². The van der Waals surface area contributed by atoms with Crippen LogP contribution in [0.1, 0.15) is 16.7 Å². The van der Waals surface area contributed by atoms with Gasteiger partial charge in [0.1, 0.15) is 6.07 Å². The first kappa shape index (κ1) is 11.4. The van der Waals surface area contributed by atoms with E-state index in [1.54, 1.807) is 12.3 Å². The van der Waals surface area contributed by atoms with Crippen LogP contribution in [0.2, 0.25) is 5.02 Å². The minimum Gasteiger partial charge on any atom is -0.263 e. The number of hydrogen-bond donors (Lipinski definition) is 0. The van der Waals surface area contributed by atoms with E-state index in [0.717, 1.165) is 11.1 Å². The van der Waals surface area contributed by atoms with Crippen molar-refractivity contribution >= 4 is 23.8 Å². The summed E-state index contributed by atoms with van der Waals surface area (Å²) in [6.07, 6.45) is 7.09. The lowest BCUT2D eigenvalue weighted by molar-refractivity contribution is 1.29. The molecule has 2 rings (SSSR count). The number of halogens is 1. The summed E-state index contributed by atoms with van der Waals surface area (Å²) in [7, 11) is 0. The van der Waals surface area contributed by atoms with Gasteiger partial charge in [0.25, 0.3) is 0 Å². The summed E-state index contributed by atoms with van der Waals surface area (Å²) in [5, 5.41) is 9.46. The molecule has 1 heterocycles. The summed E-state index contributed by atoms with van der Waals surface area (Å²) < 4.78 is 0. The molecule has 0 unspecified atom stereocenters. The van der Waals surface area contributed by atoms with E-state index in [-0.39, 0.29) is 0 Å². The number of nitrogens with zero attached hydrogens (tertiary/aromatic N) is 2. The molecule has 0 radical (unpaired) electrons. The molecule has 3 heteroatoms. The van der Waals surface area contributed by atoms with Gasteiger partial charge in [-0.2, -0.15) is 5.26 Å². The molecular weight excluding hydrogens is 232 g/mol. The van der Waals surface area contributed by atoms with E-state index in [4.69, 9.17) is 16.9 Å². The summed E-state index contributed by atoms with van der Waals surface area (Å²) in [4.78, 5) is 3.99. The average Bonchev–Trinajstić information content (AvgIpc) is 2.37. The third-order valence-corrected chi connectivity index (χ3v) is 2.44. The number of nitriles is 1. The molecule has 0 N–H and O–H groups in total. The van der Waals surface area contributed by atoms with Gasteiger partial charge in [0.05, 0.1) is 5.56 Å². The maximum Gasteiger partial charge on any atom is 0.101 e. The Hall–Kier alpha value is -2.11. The van der Waals surface area contributed by atoms with E-state index >= 15 is 0 Å². The molecule has 2 aromatic rings. The fourth-order valence-corrected chi connectivity index (χ4v) is 1.61. The predicted octanol–water partition coefficient (Wildman–Crippen LogP) is 3.78. The molecule has 0 aliphatic rings. The molecule has 0 aliphatic carbocycles. The van der Waals surface area contributed by atoms with Crippen molar-refractivity contribution in [3.8, 4) is 6.07 Å². The summed E-state index contributed by atoms with van der Waals surface area (Å²) in [5.41, 5.74) is 2.46. The SMILES string of the molecule is N#Cc1cncc(C=Cc2cccc(Cl)c2)c1. The molecule has 0 saturated carbocycles. The van der Waals surface area contributed by atoms with Crippen molar-refractivity contribution in [2.45, 2.75) is 0 Å². The van der Waals surface area contributed by atoms with Crippen LogP contribution >= 0.6 is 11.6 Å². The van der Waals surface area contributed by atoms with Gasteiger partial charge in [-0.05, 0) is 29.3 Å². The minimum absolute atomic E-state index is 0.554. The zero-order chi connectivity index (χ0) is 12.1. The van der Waals surface area contributed by atoms with Crippen molar-refractivity contribution in [3.05, 3.63) is 64.4 Å². The largest absolute Gasteiger partial charge is 0.263 e. The predicted molar refractivity (Wildman–Crippen MR) is 69.3 cm³/mol. The molecule has 1 aromatic heterocycles. The second-order valence-electron chi connectivity index (χ2n) is 3.51. The van der Waals surface area contributed by atoms with Crippen LogP contribution in [0.4, 0.5) is 0 Å². The Morgan fingerprint density at radius 2 is 1.94 bits per heavy atom. The Balaban J connectivity index is 2.23. The molecule has 0 saturated heterocycles. The average molecular weight is 241 g/mol. The van der Waals surface area contributed by atoms with Crippen LogP contribution in [0.3, 0.4) is 0 Å².